The second kappa shape index (κ2) is 9.23. The number of carboxylic acids is 1. The van der Waals surface area contributed by atoms with E-state index < -0.39 is 11.4 Å². The lowest BCUT2D eigenvalue weighted by Crippen LogP contribution is -2.28. The second-order valence-corrected chi connectivity index (χ2v) is 10.1. The Hall–Kier alpha value is -4.84. The summed E-state index contributed by atoms with van der Waals surface area (Å²) >= 11 is 0. The van der Waals surface area contributed by atoms with Crippen LogP contribution >= 0.6 is 0 Å². The number of benzene rings is 2. The second-order valence-electron chi connectivity index (χ2n) is 10.1. The van der Waals surface area contributed by atoms with Crippen LogP contribution in [0.25, 0.3) is 22.6 Å². The van der Waals surface area contributed by atoms with Gasteiger partial charge in [-0.2, -0.15) is 5.26 Å². The van der Waals surface area contributed by atoms with Crippen molar-refractivity contribution in [3.05, 3.63) is 83.2 Å². The summed E-state index contributed by atoms with van der Waals surface area (Å²) in [6.45, 7) is 7.65. The summed E-state index contributed by atoms with van der Waals surface area (Å²) in [7, 11) is 0. The van der Waals surface area contributed by atoms with E-state index in [4.69, 9.17) is 4.98 Å². The first kappa shape index (κ1) is 24.8. The van der Waals surface area contributed by atoms with Gasteiger partial charge in [0, 0.05) is 11.6 Å². The molecule has 0 bridgehead atoms. The van der Waals surface area contributed by atoms with Gasteiger partial charge in [0.25, 0.3) is 5.91 Å². The van der Waals surface area contributed by atoms with Crippen molar-refractivity contribution in [3.63, 3.8) is 0 Å². The zero-order valence-electron chi connectivity index (χ0n) is 21.5. The van der Waals surface area contributed by atoms with Gasteiger partial charge in [-0.25, -0.2) is 4.98 Å². The summed E-state index contributed by atoms with van der Waals surface area (Å²) in [4.78, 5) is 31.5. The molecular formula is C29H26N6O3. The highest BCUT2D eigenvalue weighted by Crippen LogP contribution is 2.34. The Morgan fingerprint density at radius 1 is 1.11 bits per heavy atom. The number of pyridine rings is 1. The SMILES string of the molecule is CC(C)n1cnnc1-c1cccc(N2Cc3ccc(-c4ccc(C(C)(C)C(=O)O)cc4C#N)cc3C2=O)n1. The molecular weight excluding hydrogens is 480 g/mol. The minimum atomic E-state index is -1.14. The molecule has 190 valence electrons. The molecule has 0 aliphatic carbocycles. The van der Waals surface area contributed by atoms with Crippen LogP contribution in [-0.2, 0) is 16.8 Å². The summed E-state index contributed by atoms with van der Waals surface area (Å²) in [5.41, 5.74) is 3.12. The van der Waals surface area contributed by atoms with E-state index in [0.29, 0.717) is 51.7 Å². The fourth-order valence-corrected chi connectivity index (χ4v) is 4.56. The first-order valence-electron chi connectivity index (χ1n) is 12.2. The van der Waals surface area contributed by atoms with Gasteiger partial charge < -0.3 is 9.67 Å². The average molecular weight is 507 g/mol. The van der Waals surface area contributed by atoms with Gasteiger partial charge >= 0.3 is 5.97 Å². The summed E-state index contributed by atoms with van der Waals surface area (Å²) in [5.74, 6) is -0.00757. The highest BCUT2D eigenvalue weighted by atomic mass is 16.4. The van der Waals surface area contributed by atoms with Gasteiger partial charge in [0.15, 0.2) is 5.82 Å². The Labute approximate surface area is 220 Å². The minimum Gasteiger partial charge on any atom is -0.481 e. The molecule has 9 nitrogen and oxygen atoms in total. The van der Waals surface area contributed by atoms with Gasteiger partial charge in [-0.1, -0.05) is 30.3 Å². The van der Waals surface area contributed by atoms with Crippen LogP contribution in [0, 0.1) is 11.3 Å². The Bertz CT molecular complexity index is 1630. The lowest BCUT2D eigenvalue weighted by Gasteiger charge is -2.20. The third-order valence-electron chi connectivity index (χ3n) is 6.99. The van der Waals surface area contributed by atoms with Crippen molar-refractivity contribution in [1.29, 1.82) is 5.26 Å². The van der Waals surface area contributed by atoms with E-state index in [0.717, 1.165) is 5.56 Å². The number of carbonyl (C=O) groups excluding carboxylic acids is 1. The molecule has 0 radical (unpaired) electrons. The largest absolute Gasteiger partial charge is 0.481 e. The van der Waals surface area contributed by atoms with Crippen LogP contribution in [0.2, 0.25) is 0 Å². The van der Waals surface area contributed by atoms with Crippen molar-refractivity contribution in [2.45, 2.75) is 45.7 Å². The van der Waals surface area contributed by atoms with E-state index in [9.17, 15) is 20.0 Å². The van der Waals surface area contributed by atoms with Crippen molar-refractivity contribution in [2.24, 2.45) is 0 Å². The molecule has 0 saturated carbocycles. The number of carboxylic acid groups (broad SMARTS) is 1. The number of anilines is 1. The molecule has 5 rings (SSSR count). The third-order valence-corrected chi connectivity index (χ3v) is 6.99. The van der Waals surface area contributed by atoms with Crippen LogP contribution < -0.4 is 4.90 Å². The number of nitriles is 1. The molecule has 1 amide bonds. The van der Waals surface area contributed by atoms with Crippen molar-refractivity contribution in [2.75, 3.05) is 4.90 Å². The van der Waals surface area contributed by atoms with Crippen LogP contribution in [0.5, 0.6) is 0 Å². The summed E-state index contributed by atoms with van der Waals surface area (Å²) in [6, 6.07) is 18.4. The molecule has 0 atom stereocenters. The Morgan fingerprint density at radius 3 is 2.61 bits per heavy atom. The molecule has 2 aromatic carbocycles. The van der Waals surface area contributed by atoms with E-state index in [1.807, 2.05) is 42.7 Å². The zero-order valence-corrected chi connectivity index (χ0v) is 21.5. The lowest BCUT2D eigenvalue weighted by molar-refractivity contribution is -0.142. The normalized spacial score (nSPS) is 13.1. The molecule has 0 spiro atoms. The van der Waals surface area contributed by atoms with Crippen molar-refractivity contribution >= 4 is 17.7 Å². The van der Waals surface area contributed by atoms with Crippen LogP contribution in [0.4, 0.5) is 5.82 Å². The molecule has 3 heterocycles. The number of fused-ring (bicyclic) bond motifs is 1. The minimum absolute atomic E-state index is 0.157. The van der Waals surface area contributed by atoms with E-state index in [1.54, 1.807) is 55.4 Å². The fraction of sp³-hybridized carbons (Fsp3) is 0.241. The molecule has 9 heteroatoms. The molecule has 38 heavy (non-hydrogen) atoms. The lowest BCUT2D eigenvalue weighted by atomic mass is 9.82. The Balaban J connectivity index is 1.48. The van der Waals surface area contributed by atoms with Crippen molar-refractivity contribution in [3.8, 4) is 28.7 Å². The number of aromatic nitrogens is 4. The van der Waals surface area contributed by atoms with Gasteiger partial charge in [0.2, 0.25) is 0 Å². The first-order chi connectivity index (χ1) is 18.1. The average Bonchev–Trinajstić information content (AvgIpc) is 3.53. The maximum atomic E-state index is 13.5. The maximum absolute atomic E-state index is 13.5. The molecule has 4 aromatic rings. The van der Waals surface area contributed by atoms with Gasteiger partial charge in [0.1, 0.15) is 17.8 Å². The summed E-state index contributed by atoms with van der Waals surface area (Å²) in [5, 5.41) is 27.6. The topological polar surface area (TPSA) is 125 Å². The molecule has 1 N–H and O–H groups in total. The number of hydrogen-bond acceptors (Lipinski definition) is 6. The third kappa shape index (κ3) is 4.10. The number of nitrogens with zero attached hydrogens (tertiary/aromatic N) is 6. The number of hydrogen-bond donors (Lipinski definition) is 1. The van der Waals surface area contributed by atoms with Crippen molar-refractivity contribution in [1.82, 2.24) is 19.7 Å². The van der Waals surface area contributed by atoms with Gasteiger partial charge in [-0.3, -0.25) is 14.5 Å². The van der Waals surface area contributed by atoms with Crippen LogP contribution in [0.15, 0.2) is 60.9 Å². The number of aliphatic carboxylic acids is 1. The molecule has 0 fully saturated rings. The fourth-order valence-electron chi connectivity index (χ4n) is 4.56. The quantitative estimate of drug-likeness (QED) is 0.391. The monoisotopic (exact) mass is 506 g/mol. The van der Waals surface area contributed by atoms with E-state index in [1.165, 1.54) is 0 Å². The molecule has 1 aliphatic heterocycles. The van der Waals surface area contributed by atoms with Gasteiger partial charge in [0.05, 0.1) is 23.6 Å². The smallest absolute Gasteiger partial charge is 0.313 e. The van der Waals surface area contributed by atoms with Crippen LogP contribution in [0.3, 0.4) is 0 Å². The highest BCUT2D eigenvalue weighted by molar-refractivity contribution is 6.10. The van der Waals surface area contributed by atoms with E-state index in [-0.39, 0.29) is 11.9 Å². The maximum Gasteiger partial charge on any atom is 0.313 e. The van der Waals surface area contributed by atoms with Gasteiger partial charge in [-0.15, -0.1) is 10.2 Å². The van der Waals surface area contributed by atoms with Crippen LogP contribution in [0.1, 0.15) is 60.8 Å². The number of rotatable bonds is 6. The summed E-state index contributed by atoms with van der Waals surface area (Å²) < 4.78 is 1.93. The van der Waals surface area contributed by atoms with E-state index >= 15 is 0 Å². The van der Waals surface area contributed by atoms with Gasteiger partial charge in [-0.05, 0) is 74.2 Å². The van der Waals surface area contributed by atoms with Crippen molar-refractivity contribution < 1.29 is 14.7 Å². The summed E-state index contributed by atoms with van der Waals surface area (Å²) in [6.07, 6.45) is 1.66. The first-order valence-corrected chi connectivity index (χ1v) is 12.2. The molecule has 0 saturated heterocycles. The number of carbonyl (C=O) groups is 2. The number of amides is 1. The van der Waals surface area contributed by atoms with Crippen LogP contribution in [-0.4, -0.2) is 36.7 Å². The predicted molar refractivity (Wildman–Crippen MR) is 141 cm³/mol. The zero-order chi connectivity index (χ0) is 27.2. The molecule has 1 aliphatic rings. The molecule has 2 aromatic heterocycles. The molecule has 0 unspecified atom stereocenters. The highest BCUT2D eigenvalue weighted by Gasteiger charge is 2.32. The Morgan fingerprint density at radius 2 is 1.89 bits per heavy atom. The van der Waals surface area contributed by atoms with E-state index in [2.05, 4.69) is 16.3 Å². The Kier molecular flexibility index (Phi) is 6.03. The standard InChI is InChI=1S/C29H26N6O3/c1-17(2)35-16-31-33-26(35)24-6-5-7-25(32-24)34-15-19-9-8-18(13-23(19)27(34)36)22-11-10-21(12-20(22)14-30)29(3,4)28(37)38/h5-13,16-17H,15H2,1-4H3,(H,37,38). The predicted octanol–water partition coefficient (Wildman–Crippen LogP) is 4.98.